The van der Waals surface area contributed by atoms with Crippen molar-refractivity contribution < 1.29 is 5.11 Å². The number of nitrogens with zero attached hydrogens (tertiary/aromatic N) is 1. The van der Waals surface area contributed by atoms with Gasteiger partial charge >= 0.3 is 0 Å². The van der Waals surface area contributed by atoms with Gasteiger partial charge in [0.05, 0.1) is 5.60 Å². The van der Waals surface area contributed by atoms with Crippen LogP contribution in [0.1, 0.15) is 49.7 Å². The lowest BCUT2D eigenvalue weighted by atomic mass is 9.75. The van der Waals surface area contributed by atoms with Gasteiger partial charge in [-0.05, 0) is 43.5 Å². The van der Waals surface area contributed by atoms with Crippen molar-refractivity contribution in [1.29, 1.82) is 0 Å². The zero-order valence-corrected chi connectivity index (χ0v) is 14.7. The Hall–Kier alpha value is -1.64. The van der Waals surface area contributed by atoms with Gasteiger partial charge in [-0.25, -0.2) is 0 Å². The quantitative estimate of drug-likeness (QED) is 0.843. The van der Waals surface area contributed by atoms with E-state index in [1.54, 1.807) is 0 Å². The van der Waals surface area contributed by atoms with Gasteiger partial charge in [0.25, 0.3) is 0 Å². The Morgan fingerprint density at radius 2 is 1.50 bits per heavy atom. The van der Waals surface area contributed by atoms with Crippen LogP contribution < -0.4 is 0 Å². The van der Waals surface area contributed by atoms with Crippen LogP contribution in [0.15, 0.2) is 60.7 Å². The number of rotatable bonds is 6. The van der Waals surface area contributed by atoms with E-state index in [1.807, 2.05) is 18.2 Å². The van der Waals surface area contributed by atoms with Crippen molar-refractivity contribution in [3.05, 3.63) is 71.8 Å². The standard InChI is InChI=1S/C22H29NO/c1-2-22(24,20-14-8-4-9-15-20)21(19-12-6-3-7-13-19)18-23-16-10-5-11-17-23/h3-4,6-9,12-15,21,24H,2,5,10-11,16-18H2,1H3/t21-,22+/m1/s1. The second-order valence-corrected chi connectivity index (χ2v) is 6.97. The van der Waals surface area contributed by atoms with Crippen molar-refractivity contribution in [2.24, 2.45) is 0 Å². The number of benzene rings is 2. The van der Waals surface area contributed by atoms with Crippen LogP contribution in [-0.2, 0) is 5.60 Å². The molecule has 0 unspecified atom stereocenters. The molecule has 2 aromatic carbocycles. The van der Waals surface area contributed by atoms with Gasteiger partial charge in [0.2, 0.25) is 0 Å². The lowest BCUT2D eigenvalue weighted by molar-refractivity contribution is -0.0104. The van der Waals surface area contributed by atoms with Crippen molar-refractivity contribution in [3.63, 3.8) is 0 Å². The second-order valence-electron chi connectivity index (χ2n) is 6.97. The van der Waals surface area contributed by atoms with E-state index in [2.05, 4.69) is 54.3 Å². The molecule has 24 heavy (non-hydrogen) atoms. The summed E-state index contributed by atoms with van der Waals surface area (Å²) in [6, 6.07) is 20.7. The fourth-order valence-electron chi connectivity index (χ4n) is 4.00. The third-order valence-corrected chi connectivity index (χ3v) is 5.48. The van der Waals surface area contributed by atoms with Crippen molar-refractivity contribution in [3.8, 4) is 0 Å². The molecule has 0 amide bonds. The van der Waals surface area contributed by atoms with E-state index in [-0.39, 0.29) is 5.92 Å². The Morgan fingerprint density at radius 1 is 0.917 bits per heavy atom. The molecule has 1 saturated heterocycles. The molecule has 1 fully saturated rings. The zero-order chi connectivity index (χ0) is 16.8. The highest BCUT2D eigenvalue weighted by Crippen LogP contribution is 2.40. The summed E-state index contributed by atoms with van der Waals surface area (Å²) >= 11 is 0. The van der Waals surface area contributed by atoms with E-state index >= 15 is 0 Å². The highest BCUT2D eigenvalue weighted by molar-refractivity contribution is 5.31. The van der Waals surface area contributed by atoms with Crippen molar-refractivity contribution in [1.82, 2.24) is 4.90 Å². The summed E-state index contributed by atoms with van der Waals surface area (Å²) in [6.07, 6.45) is 4.60. The average molecular weight is 323 g/mol. The smallest absolute Gasteiger partial charge is 0.0974 e. The van der Waals surface area contributed by atoms with Crippen LogP contribution >= 0.6 is 0 Å². The van der Waals surface area contributed by atoms with Crippen LogP contribution in [0, 0.1) is 0 Å². The number of aliphatic hydroxyl groups is 1. The molecule has 0 aliphatic carbocycles. The summed E-state index contributed by atoms with van der Waals surface area (Å²) in [5.41, 5.74) is 1.43. The second kappa shape index (κ2) is 7.96. The molecule has 3 rings (SSSR count). The maximum absolute atomic E-state index is 11.7. The molecule has 1 aliphatic rings. The summed E-state index contributed by atoms with van der Waals surface area (Å²) in [5.74, 6) is 0.0872. The first-order valence-electron chi connectivity index (χ1n) is 9.29. The minimum absolute atomic E-state index is 0.0872. The maximum atomic E-state index is 11.7. The van der Waals surface area contributed by atoms with E-state index in [0.29, 0.717) is 6.42 Å². The third kappa shape index (κ3) is 3.71. The third-order valence-electron chi connectivity index (χ3n) is 5.48. The van der Waals surface area contributed by atoms with Gasteiger partial charge in [-0.3, -0.25) is 0 Å². The maximum Gasteiger partial charge on any atom is 0.0974 e. The fourth-order valence-corrected chi connectivity index (χ4v) is 4.00. The van der Waals surface area contributed by atoms with E-state index in [1.165, 1.54) is 24.8 Å². The lowest BCUT2D eigenvalue weighted by Gasteiger charge is -2.40. The number of likely N-dealkylation sites (tertiary alicyclic amines) is 1. The minimum Gasteiger partial charge on any atom is -0.384 e. The molecule has 2 heteroatoms. The Balaban J connectivity index is 1.95. The highest BCUT2D eigenvalue weighted by atomic mass is 16.3. The molecular weight excluding hydrogens is 294 g/mol. The van der Waals surface area contributed by atoms with Gasteiger partial charge < -0.3 is 10.0 Å². The predicted octanol–water partition coefficient (Wildman–Crippen LogP) is 4.55. The zero-order valence-electron chi connectivity index (χ0n) is 14.7. The van der Waals surface area contributed by atoms with Crippen LogP contribution in [0.4, 0.5) is 0 Å². The minimum atomic E-state index is -0.833. The molecule has 0 radical (unpaired) electrons. The normalized spacial score (nSPS) is 19.6. The number of hydrogen-bond donors (Lipinski definition) is 1. The largest absolute Gasteiger partial charge is 0.384 e. The number of piperidine rings is 1. The molecule has 1 N–H and O–H groups in total. The van der Waals surface area contributed by atoms with Gasteiger partial charge in [-0.2, -0.15) is 0 Å². The SMILES string of the molecule is CC[C@](O)(c1ccccc1)[C@H](CN1CCCCC1)c1ccccc1. The Bertz CT molecular complexity index is 606. The van der Waals surface area contributed by atoms with Gasteiger partial charge in [0, 0.05) is 12.5 Å². The monoisotopic (exact) mass is 323 g/mol. The molecule has 2 aromatic rings. The molecule has 0 spiro atoms. The average Bonchev–Trinajstić information content (AvgIpc) is 2.68. The Kier molecular flexibility index (Phi) is 5.70. The van der Waals surface area contributed by atoms with Gasteiger partial charge in [0.15, 0.2) is 0 Å². The Morgan fingerprint density at radius 3 is 2.08 bits per heavy atom. The first-order valence-corrected chi connectivity index (χ1v) is 9.29. The molecule has 2 atom stereocenters. The van der Waals surface area contributed by atoms with Gasteiger partial charge in [0.1, 0.15) is 0 Å². The van der Waals surface area contributed by atoms with E-state index in [9.17, 15) is 5.11 Å². The van der Waals surface area contributed by atoms with E-state index < -0.39 is 5.60 Å². The topological polar surface area (TPSA) is 23.5 Å². The van der Waals surface area contributed by atoms with E-state index in [0.717, 1.165) is 25.2 Å². The van der Waals surface area contributed by atoms with Crippen molar-refractivity contribution in [2.75, 3.05) is 19.6 Å². The van der Waals surface area contributed by atoms with Crippen LogP contribution in [0.3, 0.4) is 0 Å². The van der Waals surface area contributed by atoms with Crippen molar-refractivity contribution >= 4 is 0 Å². The van der Waals surface area contributed by atoms with Crippen LogP contribution in [0.25, 0.3) is 0 Å². The van der Waals surface area contributed by atoms with Gasteiger partial charge in [-0.15, -0.1) is 0 Å². The summed E-state index contributed by atoms with van der Waals surface area (Å²) in [6.45, 7) is 5.32. The summed E-state index contributed by atoms with van der Waals surface area (Å²) < 4.78 is 0. The molecule has 128 valence electrons. The summed E-state index contributed by atoms with van der Waals surface area (Å²) in [4.78, 5) is 2.53. The number of hydrogen-bond acceptors (Lipinski definition) is 2. The molecule has 0 bridgehead atoms. The molecule has 0 aromatic heterocycles. The molecular formula is C22H29NO. The summed E-state index contributed by atoms with van der Waals surface area (Å²) in [5, 5.41) is 11.7. The van der Waals surface area contributed by atoms with E-state index in [4.69, 9.17) is 0 Å². The van der Waals surface area contributed by atoms with Crippen LogP contribution in [0.5, 0.6) is 0 Å². The molecule has 1 aliphatic heterocycles. The predicted molar refractivity (Wildman–Crippen MR) is 100 cm³/mol. The molecule has 2 nitrogen and oxygen atoms in total. The first kappa shape index (κ1) is 17.2. The van der Waals surface area contributed by atoms with Crippen molar-refractivity contribution in [2.45, 2.75) is 44.1 Å². The fraction of sp³-hybridized carbons (Fsp3) is 0.455. The molecule has 1 heterocycles. The Labute approximate surface area is 146 Å². The van der Waals surface area contributed by atoms with Crippen LogP contribution in [-0.4, -0.2) is 29.6 Å². The molecule has 0 saturated carbocycles. The lowest BCUT2D eigenvalue weighted by Crippen LogP contribution is -2.42. The summed E-state index contributed by atoms with van der Waals surface area (Å²) in [7, 11) is 0. The van der Waals surface area contributed by atoms with Crippen LogP contribution in [0.2, 0.25) is 0 Å². The van der Waals surface area contributed by atoms with Gasteiger partial charge in [-0.1, -0.05) is 74.0 Å². The highest BCUT2D eigenvalue weighted by Gasteiger charge is 2.38. The first-order chi connectivity index (χ1) is 11.7.